The van der Waals surface area contributed by atoms with Crippen molar-refractivity contribution in [3.05, 3.63) is 73.3 Å². The van der Waals surface area contributed by atoms with Crippen molar-refractivity contribution in [3.8, 4) is 0 Å². The maximum absolute atomic E-state index is 12.5. The minimum absolute atomic E-state index is 0.0478. The minimum atomic E-state index is -0.848. The van der Waals surface area contributed by atoms with Crippen molar-refractivity contribution in [1.29, 1.82) is 0 Å². The fraction of sp³-hybridized carbons (Fsp3) is 0.0667. The molecule has 9 nitrogen and oxygen atoms in total. The summed E-state index contributed by atoms with van der Waals surface area (Å²) in [7, 11) is 0. The summed E-state index contributed by atoms with van der Waals surface area (Å²) in [6.07, 6.45) is 0. The molecule has 0 atom stereocenters. The molecule has 0 saturated heterocycles. The second kappa shape index (κ2) is 5.23. The monoisotopic (exact) mass is 327 g/mol. The normalized spacial score (nSPS) is 13.1. The average molecular weight is 327 g/mol. The van der Waals surface area contributed by atoms with Gasteiger partial charge in [0.05, 0.1) is 21.0 Å². The summed E-state index contributed by atoms with van der Waals surface area (Å²) >= 11 is 0. The number of nitro benzene ring substituents is 2. The van der Waals surface area contributed by atoms with Crippen molar-refractivity contribution in [1.82, 2.24) is 0 Å². The standard InChI is InChI=1S/C15H9N3O6/c1-8-6-11(17(21)22)13(12(7-8)18(23)24)16-14(19)9-4-2-3-5-10(9)15(16)20/h2-7H,1H3. The van der Waals surface area contributed by atoms with Crippen LogP contribution in [0.25, 0.3) is 0 Å². The van der Waals surface area contributed by atoms with E-state index in [-0.39, 0.29) is 16.7 Å². The SMILES string of the molecule is Cc1cc([N+](=O)[O-])c(N2C(=O)c3ccccc3C2=O)c([N+](=O)[O-])c1. The van der Waals surface area contributed by atoms with Gasteiger partial charge in [-0.2, -0.15) is 0 Å². The van der Waals surface area contributed by atoms with Crippen molar-refractivity contribution in [3.63, 3.8) is 0 Å². The van der Waals surface area contributed by atoms with E-state index in [1.54, 1.807) is 0 Å². The Kier molecular flexibility index (Phi) is 3.33. The maximum Gasteiger partial charge on any atom is 0.300 e. The molecule has 0 spiro atoms. The molecule has 1 aliphatic rings. The van der Waals surface area contributed by atoms with E-state index in [1.165, 1.54) is 31.2 Å². The van der Waals surface area contributed by atoms with Crippen molar-refractivity contribution >= 4 is 28.9 Å². The molecule has 0 fully saturated rings. The van der Waals surface area contributed by atoms with Crippen LogP contribution in [0.2, 0.25) is 0 Å². The van der Waals surface area contributed by atoms with Crippen LogP contribution in [0.3, 0.4) is 0 Å². The van der Waals surface area contributed by atoms with Gasteiger partial charge in [0.2, 0.25) is 5.69 Å². The predicted octanol–water partition coefficient (Wildman–Crippen LogP) is 2.61. The van der Waals surface area contributed by atoms with Gasteiger partial charge in [-0.05, 0) is 24.6 Å². The molecule has 2 amide bonds. The summed E-state index contributed by atoms with van der Waals surface area (Å²) in [5, 5.41) is 22.7. The zero-order chi connectivity index (χ0) is 17.6. The number of carbonyl (C=O) groups excluding carboxylic acids is 2. The van der Waals surface area contributed by atoms with Gasteiger partial charge in [-0.1, -0.05) is 12.1 Å². The lowest BCUT2D eigenvalue weighted by Gasteiger charge is -2.14. The van der Waals surface area contributed by atoms with Gasteiger partial charge < -0.3 is 0 Å². The van der Waals surface area contributed by atoms with Crippen LogP contribution in [0, 0.1) is 27.2 Å². The van der Waals surface area contributed by atoms with Crippen LogP contribution in [0.15, 0.2) is 36.4 Å². The molecule has 9 heteroatoms. The molecule has 2 aromatic carbocycles. The number of amides is 2. The highest BCUT2D eigenvalue weighted by Gasteiger charge is 2.43. The van der Waals surface area contributed by atoms with Crippen molar-refractivity contribution in [2.24, 2.45) is 0 Å². The zero-order valence-corrected chi connectivity index (χ0v) is 12.3. The van der Waals surface area contributed by atoms with Crippen LogP contribution < -0.4 is 4.90 Å². The van der Waals surface area contributed by atoms with Gasteiger partial charge in [-0.15, -0.1) is 0 Å². The number of nitrogens with zero attached hydrogens (tertiary/aromatic N) is 3. The van der Waals surface area contributed by atoms with Gasteiger partial charge in [0.1, 0.15) is 0 Å². The van der Waals surface area contributed by atoms with E-state index in [9.17, 15) is 29.8 Å². The largest absolute Gasteiger partial charge is 0.300 e. The number of carbonyl (C=O) groups is 2. The Bertz CT molecular complexity index is 867. The Labute approximate surface area is 134 Å². The molecule has 0 radical (unpaired) electrons. The number of aryl methyl sites for hydroxylation is 1. The number of fused-ring (bicyclic) bond motifs is 1. The Balaban J connectivity index is 2.31. The highest BCUT2D eigenvalue weighted by molar-refractivity contribution is 6.35. The van der Waals surface area contributed by atoms with Crippen molar-refractivity contribution < 1.29 is 19.4 Å². The van der Waals surface area contributed by atoms with Crippen LogP contribution >= 0.6 is 0 Å². The summed E-state index contributed by atoms with van der Waals surface area (Å²) in [5.74, 6) is -1.66. The van der Waals surface area contributed by atoms with E-state index in [0.717, 1.165) is 12.1 Å². The second-order valence-electron chi connectivity index (χ2n) is 5.16. The molecule has 0 aromatic heterocycles. The van der Waals surface area contributed by atoms with Gasteiger partial charge in [0, 0.05) is 12.1 Å². The zero-order valence-electron chi connectivity index (χ0n) is 12.3. The number of imide groups is 1. The van der Waals surface area contributed by atoms with Crippen LogP contribution in [0.5, 0.6) is 0 Å². The molecule has 24 heavy (non-hydrogen) atoms. The third-order valence-electron chi connectivity index (χ3n) is 3.63. The highest BCUT2D eigenvalue weighted by Crippen LogP contribution is 2.42. The van der Waals surface area contributed by atoms with Crippen molar-refractivity contribution in [2.75, 3.05) is 4.90 Å². The number of anilines is 1. The van der Waals surface area contributed by atoms with Crippen LogP contribution in [-0.2, 0) is 0 Å². The summed E-state index contributed by atoms with van der Waals surface area (Å²) in [6, 6.07) is 8.03. The van der Waals surface area contributed by atoms with E-state index in [2.05, 4.69) is 0 Å². The quantitative estimate of drug-likeness (QED) is 0.485. The number of nitro groups is 2. The Morgan fingerprint density at radius 2 is 1.29 bits per heavy atom. The van der Waals surface area contributed by atoms with Crippen LogP contribution in [-0.4, -0.2) is 21.7 Å². The molecule has 1 heterocycles. The van der Waals surface area contributed by atoms with Gasteiger partial charge >= 0.3 is 11.4 Å². The first-order valence-electron chi connectivity index (χ1n) is 6.74. The first-order chi connectivity index (χ1) is 11.3. The molecule has 0 N–H and O–H groups in total. The number of hydrogen-bond acceptors (Lipinski definition) is 6. The van der Waals surface area contributed by atoms with E-state index >= 15 is 0 Å². The Morgan fingerprint density at radius 1 is 0.875 bits per heavy atom. The number of rotatable bonds is 3. The average Bonchev–Trinajstić information content (AvgIpc) is 2.78. The minimum Gasteiger partial charge on any atom is -0.268 e. The molecule has 0 saturated carbocycles. The van der Waals surface area contributed by atoms with Gasteiger partial charge in [0.15, 0.2) is 0 Å². The Hall–Kier alpha value is -3.62. The summed E-state index contributed by atoms with van der Waals surface area (Å²) in [4.78, 5) is 46.5. The maximum atomic E-state index is 12.5. The molecule has 2 aromatic rings. The fourth-order valence-electron chi connectivity index (χ4n) is 2.64. The molecular formula is C15H9N3O6. The number of hydrogen-bond donors (Lipinski definition) is 0. The molecule has 1 aliphatic heterocycles. The smallest absolute Gasteiger partial charge is 0.268 e. The summed E-state index contributed by atoms with van der Waals surface area (Å²) in [6.45, 7) is 1.45. The van der Waals surface area contributed by atoms with Gasteiger partial charge in [0.25, 0.3) is 11.8 Å². The summed E-state index contributed by atoms with van der Waals surface area (Å²) < 4.78 is 0. The van der Waals surface area contributed by atoms with Crippen LogP contribution in [0.1, 0.15) is 26.3 Å². The topological polar surface area (TPSA) is 124 Å². The first kappa shape index (κ1) is 15.3. The molecule has 3 rings (SSSR count). The Morgan fingerprint density at radius 3 is 1.67 bits per heavy atom. The summed E-state index contributed by atoms with van der Waals surface area (Å²) in [5.41, 5.74) is -1.60. The number of benzene rings is 2. The third-order valence-corrected chi connectivity index (χ3v) is 3.63. The molecule has 0 aliphatic carbocycles. The lowest BCUT2D eigenvalue weighted by atomic mass is 10.1. The first-order valence-corrected chi connectivity index (χ1v) is 6.74. The van der Waals surface area contributed by atoms with E-state index < -0.39 is 38.7 Å². The van der Waals surface area contributed by atoms with E-state index in [1.807, 2.05) is 0 Å². The van der Waals surface area contributed by atoms with Crippen molar-refractivity contribution in [2.45, 2.75) is 6.92 Å². The van der Waals surface area contributed by atoms with Gasteiger partial charge in [-0.25, -0.2) is 4.90 Å². The fourth-order valence-corrected chi connectivity index (χ4v) is 2.64. The van der Waals surface area contributed by atoms with E-state index in [0.29, 0.717) is 4.90 Å². The van der Waals surface area contributed by atoms with Crippen LogP contribution in [0.4, 0.5) is 17.1 Å². The molecular weight excluding hydrogens is 318 g/mol. The lowest BCUT2D eigenvalue weighted by Crippen LogP contribution is -2.30. The molecule has 0 unspecified atom stereocenters. The molecule has 0 bridgehead atoms. The predicted molar refractivity (Wildman–Crippen MR) is 82.1 cm³/mol. The molecule has 120 valence electrons. The third kappa shape index (κ3) is 2.10. The second-order valence-corrected chi connectivity index (χ2v) is 5.16. The van der Waals surface area contributed by atoms with Gasteiger partial charge in [-0.3, -0.25) is 29.8 Å². The van der Waals surface area contributed by atoms with E-state index in [4.69, 9.17) is 0 Å². The highest BCUT2D eigenvalue weighted by atomic mass is 16.6. The lowest BCUT2D eigenvalue weighted by molar-refractivity contribution is -0.392.